The van der Waals surface area contributed by atoms with Crippen molar-refractivity contribution >= 4 is 17.5 Å². The summed E-state index contributed by atoms with van der Waals surface area (Å²) in [5.74, 6) is -0.429. The van der Waals surface area contributed by atoms with Crippen LogP contribution in [0.25, 0.3) is 5.69 Å². The lowest BCUT2D eigenvalue weighted by Gasteiger charge is -2.19. The largest absolute Gasteiger partial charge is 0.349 e. The molecular formula is C22H22N4O2. The van der Waals surface area contributed by atoms with Gasteiger partial charge in [-0.3, -0.25) is 9.59 Å². The lowest BCUT2D eigenvalue weighted by molar-refractivity contribution is -0.126. The van der Waals surface area contributed by atoms with Crippen molar-refractivity contribution in [2.75, 3.05) is 11.4 Å². The van der Waals surface area contributed by atoms with Crippen molar-refractivity contribution in [1.82, 2.24) is 14.9 Å². The maximum atomic E-state index is 12.7. The van der Waals surface area contributed by atoms with E-state index in [2.05, 4.69) is 10.3 Å². The van der Waals surface area contributed by atoms with Gasteiger partial charge in [-0.25, -0.2) is 4.98 Å². The van der Waals surface area contributed by atoms with E-state index in [1.165, 1.54) is 0 Å². The van der Waals surface area contributed by atoms with E-state index < -0.39 is 0 Å². The minimum absolute atomic E-state index is 0.0105. The Bertz CT molecular complexity index is 952. The summed E-state index contributed by atoms with van der Waals surface area (Å²) in [6.07, 6.45) is 5.61. The van der Waals surface area contributed by atoms with Crippen LogP contribution in [0.4, 0.5) is 5.69 Å². The first-order valence-electron chi connectivity index (χ1n) is 9.36. The maximum Gasteiger partial charge on any atom is 0.227 e. The van der Waals surface area contributed by atoms with Gasteiger partial charge in [-0.15, -0.1) is 0 Å². The molecule has 0 saturated carbocycles. The minimum Gasteiger partial charge on any atom is -0.349 e. The second kappa shape index (κ2) is 7.68. The van der Waals surface area contributed by atoms with Crippen molar-refractivity contribution in [3.8, 4) is 5.69 Å². The van der Waals surface area contributed by atoms with Crippen LogP contribution < -0.4 is 10.2 Å². The van der Waals surface area contributed by atoms with Gasteiger partial charge in [0.15, 0.2) is 0 Å². The van der Waals surface area contributed by atoms with E-state index in [1.807, 2.05) is 72.3 Å². The van der Waals surface area contributed by atoms with Crippen molar-refractivity contribution in [1.29, 1.82) is 0 Å². The van der Waals surface area contributed by atoms with E-state index in [4.69, 9.17) is 0 Å². The number of hydrogen-bond donors (Lipinski definition) is 1. The smallest absolute Gasteiger partial charge is 0.227 e. The quantitative estimate of drug-likeness (QED) is 0.746. The number of imidazole rings is 1. The van der Waals surface area contributed by atoms with Crippen LogP contribution >= 0.6 is 0 Å². The Kier molecular flexibility index (Phi) is 4.93. The molecule has 1 aliphatic rings. The van der Waals surface area contributed by atoms with E-state index >= 15 is 0 Å². The van der Waals surface area contributed by atoms with Gasteiger partial charge in [-0.1, -0.05) is 30.3 Å². The van der Waals surface area contributed by atoms with Gasteiger partial charge < -0.3 is 14.8 Å². The first-order valence-corrected chi connectivity index (χ1v) is 9.36. The molecule has 4 rings (SSSR count). The second-order valence-electron chi connectivity index (χ2n) is 7.03. The van der Waals surface area contributed by atoms with Crippen LogP contribution in [-0.4, -0.2) is 27.9 Å². The summed E-state index contributed by atoms with van der Waals surface area (Å²) in [4.78, 5) is 30.8. The molecule has 142 valence electrons. The zero-order valence-electron chi connectivity index (χ0n) is 15.7. The number of hydrogen-bond acceptors (Lipinski definition) is 3. The average molecular weight is 374 g/mol. The highest BCUT2D eigenvalue weighted by Crippen LogP contribution is 2.25. The Hall–Kier alpha value is -3.41. The minimum atomic E-state index is -0.333. The van der Waals surface area contributed by atoms with E-state index in [1.54, 1.807) is 17.4 Å². The second-order valence-corrected chi connectivity index (χ2v) is 7.03. The van der Waals surface area contributed by atoms with Gasteiger partial charge in [0.25, 0.3) is 0 Å². The van der Waals surface area contributed by atoms with Crippen LogP contribution in [-0.2, 0) is 9.59 Å². The fourth-order valence-corrected chi connectivity index (χ4v) is 3.50. The number of carbonyl (C=O) groups is 2. The van der Waals surface area contributed by atoms with Crippen LogP contribution in [0.15, 0.2) is 73.3 Å². The van der Waals surface area contributed by atoms with E-state index in [-0.39, 0.29) is 30.2 Å². The molecule has 3 aromatic rings. The van der Waals surface area contributed by atoms with E-state index in [0.717, 1.165) is 16.9 Å². The Morgan fingerprint density at radius 1 is 1.11 bits per heavy atom. The van der Waals surface area contributed by atoms with Crippen molar-refractivity contribution in [2.45, 2.75) is 19.4 Å². The summed E-state index contributed by atoms with van der Waals surface area (Å²) >= 11 is 0. The standard InChI is InChI=1S/C22H22N4O2/c1-16(17-7-9-19(10-8-17)25-12-11-23-15-25)24-22(28)18-13-21(27)26(14-18)20-5-3-2-4-6-20/h2-12,15-16,18H,13-14H2,1H3,(H,24,28). The Morgan fingerprint density at radius 3 is 2.54 bits per heavy atom. The molecule has 0 radical (unpaired) electrons. The lowest BCUT2D eigenvalue weighted by atomic mass is 10.0. The van der Waals surface area contributed by atoms with Gasteiger partial charge >= 0.3 is 0 Å². The van der Waals surface area contributed by atoms with Crippen LogP contribution in [0.2, 0.25) is 0 Å². The molecule has 28 heavy (non-hydrogen) atoms. The fourth-order valence-electron chi connectivity index (χ4n) is 3.50. The number of anilines is 1. The van der Waals surface area contributed by atoms with Crippen LogP contribution in [0, 0.1) is 5.92 Å². The van der Waals surface area contributed by atoms with Gasteiger partial charge in [0, 0.05) is 36.7 Å². The molecule has 1 fully saturated rings. The van der Waals surface area contributed by atoms with Crippen molar-refractivity contribution < 1.29 is 9.59 Å². The Morgan fingerprint density at radius 2 is 1.86 bits per heavy atom. The number of nitrogens with zero attached hydrogens (tertiary/aromatic N) is 3. The number of carbonyl (C=O) groups excluding carboxylic acids is 2. The first-order chi connectivity index (χ1) is 13.6. The predicted molar refractivity (Wildman–Crippen MR) is 107 cm³/mol. The summed E-state index contributed by atoms with van der Waals surface area (Å²) in [6, 6.07) is 17.3. The molecule has 1 aliphatic heterocycles. The van der Waals surface area contributed by atoms with Crippen molar-refractivity contribution in [2.24, 2.45) is 5.92 Å². The number of para-hydroxylation sites is 1. The lowest BCUT2D eigenvalue weighted by Crippen LogP contribution is -2.34. The normalized spacial score (nSPS) is 17.5. The van der Waals surface area contributed by atoms with Crippen LogP contribution in [0.1, 0.15) is 24.9 Å². The van der Waals surface area contributed by atoms with Gasteiger partial charge in [0.05, 0.1) is 18.3 Å². The molecule has 2 aromatic carbocycles. The summed E-state index contributed by atoms with van der Waals surface area (Å²) in [5.41, 5.74) is 2.87. The molecule has 2 amide bonds. The number of nitrogens with one attached hydrogen (secondary N) is 1. The zero-order valence-corrected chi connectivity index (χ0v) is 15.7. The number of aromatic nitrogens is 2. The molecule has 1 aromatic heterocycles. The molecule has 2 atom stereocenters. The molecule has 6 nitrogen and oxygen atoms in total. The molecule has 6 heteroatoms. The van der Waals surface area contributed by atoms with Crippen LogP contribution in [0.3, 0.4) is 0 Å². The highest BCUT2D eigenvalue weighted by molar-refractivity contribution is 6.00. The molecular weight excluding hydrogens is 352 g/mol. The summed E-state index contributed by atoms with van der Waals surface area (Å²) in [7, 11) is 0. The third-order valence-corrected chi connectivity index (χ3v) is 5.12. The monoisotopic (exact) mass is 374 g/mol. The molecule has 1 N–H and O–H groups in total. The predicted octanol–water partition coefficient (Wildman–Crippen LogP) is 3.10. The maximum absolute atomic E-state index is 12.7. The molecule has 2 unspecified atom stereocenters. The molecule has 2 heterocycles. The number of amides is 2. The number of rotatable bonds is 5. The van der Waals surface area contributed by atoms with Gasteiger partial charge in [0.1, 0.15) is 0 Å². The molecule has 0 bridgehead atoms. The zero-order chi connectivity index (χ0) is 19.5. The Labute approximate surface area is 163 Å². The molecule has 1 saturated heterocycles. The SMILES string of the molecule is CC(NC(=O)C1CC(=O)N(c2ccccc2)C1)c1ccc(-n2ccnc2)cc1. The van der Waals surface area contributed by atoms with Gasteiger partial charge in [0.2, 0.25) is 11.8 Å². The van der Waals surface area contributed by atoms with Crippen LogP contribution in [0.5, 0.6) is 0 Å². The van der Waals surface area contributed by atoms with E-state index in [0.29, 0.717) is 6.54 Å². The summed E-state index contributed by atoms with van der Waals surface area (Å²) < 4.78 is 1.93. The van der Waals surface area contributed by atoms with Crippen molar-refractivity contribution in [3.05, 3.63) is 78.9 Å². The fraction of sp³-hybridized carbons (Fsp3) is 0.227. The number of benzene rings is 2. The van der Waals surface area contributed by atoms with Gasteiger partial charge in [-0.05, 0) is 36.8 Å². The summed E-state index contributed by atoms with van der Waals surface area (Å²) in [6.45, 7) is 2.37. The average Bonchev–Trinajstić information content (AvgIpc) is 3.39. The first kappa shape index (κ1) is 18.0. The van der Waals surface area contributed by atoms with E-state index in [9.17, 15) is 9.59 Å². The van der Waals surface area contributed by atoms with Gasteiger partial charge in [-0.2, -0.15) is 0 Å². The Balaban J connectivity index is 1.39. The molecule has 0 spiro atoms. The third kappa shape index (κ3) is 3.67. The summed E-state index contributed by atoms with van der Waals surface area (Å²) in [5, 5.41) is 3.05. The molecule has 0 aliphatic carbocycles. The highest BCUT2D eigenvalue weighted by atomic mass is 16.2. The highest BCUT2D eigenvalue weighted by Gasteiger charge is 2.35. The topological polar surface area (TPSA) is 67.2 Å². The van der Waals surface area contributed by atoms with Crippen molar-refractivity contribution in [3.63, 3.8) is 0 Å². The third-order valence-electron chi connectivity index (χ3n) is 5.12.